The minimum Gasteiger partial charge on any atom is -0.449 e. The van der Waals surface area contributed by atoms with Crippen LogP contribution in [0.1, 0.15) is 57.4 Å². The third kappa shape index (κ3) is 4.38. The topological polar surface area (TPSA) is 42.2 Å². The Morgan fingerprint density at radius 3 is 2.50 bits per heavy atom. The average molecular weight is 366 g/mol. The highest BCUT2D eigenvalue weighted by molar-refractivity contribution is 7.99. The highest BCUT2D eigenvalue weighted by Gasteiger charge is 2.19. The Morgan fingerprint density at radius 2 is 1.92 bits per heavy atom. The molecule has 2 rings (SSSR count). The van der Waals surface area contributed by atoms with Crippen LogP contribution in [0, 0.1) is 13.8 Å². The van der Waals surface area contributed by atoms with Gasteiger partial charge in [0.1, 0.15) is 5.58 Å². The van der Waals surface area contributed by atoms with Crippen molar-refractivity contribution in [2.45, 2.75) is 64.3 Å². The van der Waals surface area contributed by atoms with Crippen molar-refractivity contribution in [3.05, 3.63) is 39.0 Å². The van der Waals surface area contributed by atoms with Crippen molar-refractivity contribution in [3.63, 3.8) is 0 Å². The molecule has 2 aromatic rings. The molecule has 5 heteroatoms. The number of nitrogens with one attached hydrogen (secondary N) is 1. The quantitative estimate of drug-likeness (QED) is 0.550. The first-order valence-corrected chi connectivity index (χ1v) is 10.1. The summed E-state index contributed by atoms with van der Waals surface area (Å²) in [5, 5.41) is 1.41. The Hall–Kier alpha value is -0.910. The molecule has 1 N–H and O–H groups in total. The predicted octanol–water partition coefficient (Wildman–Crippen LogP) is 5.62. The van der Waals surface area contributed by atoms with Crippen molar-refractivity contribution in [1.82, 2.24) is 4.72 Å². The molecule has 0 spiro atoms. The van der Waals surface area contributed by atoms with E-state index in [1.165, 1.54) is 0 Å². The molecule has 0 radical (unpaired) electrons. The Balaban J connectivity index is 2.58. The molecule has 0 saturated carbocycles. The lowest BCUT2D eigenvalue weighted by molar-refractivity contribution is 0.486. The molecule has 132 valence electrons. The standard InChI is InChI=1S/C19H27NO2S2/c1-8-23-18-12(3)16(21)15-10-11(2)9-14(17(15)22-18)13(4)20-24-19(5,6)7/h9-10,13,20H,8H2,1-7H3. The summed E-state index contributed by atoms with van der Waals surface area (Å²) in [6.07, 6.45) is 0. The summed E-state index contributed by atoms with van der Waals surface area (Å²) in [7, 11) is 0. The fourth-order valence-electron chi connectivity index (χ4n) is 2.47. The maximum Gasteiger partial charge on any atom is 0.196 e. The fourth-order valence-corrected chi connectivity index (χ4v) is 3.84. The highest BCUT2D eigenvalue weighted by Crippen LogP contribution is 2.32. The van der Waals surface area contributed by atoms with Gasteiger partial charge in [-0.05, 0) is 58.9 Å². The number of benzene rings is 1. The van der Waals surface area contributed by atoms with Crippen LogP contribution in [0.15, 0.2) is 26.4 Å². The van der Waals surface area contributed by atoms with Crippen LogP contribution >= 0.6 is 23.7 Å². The molecule has 3 nitrogen and oxygen atoms in total. The number of thioether (sulfide) groups is 1. The molecule has 1 unspecified atom stereocenters. The van der Waals surface area contributed by atoms with Crippen LogP contribution in [0.3, 0.4) is 0 Å². The van der Waals surface area contributed by atoms with Gasteiger partial charge in [-0.2, -0.15) is 0 Å². The van der Waals surface area contributed by atoms with Gasteiger partial charge in [0.2, 0.25) is 0 Å². The summed E-state index contributed by atoms with van der Waals surface area (Å²) in [5.41, 5.74) is 3.61. The summed E-state index contributed by atoms with van der Waals surface area (Å²) < 4.78 is 9.78. The van der Waals surface area contributed by atoms with E-state index >= 15 is 0 Å². The van der Waals surface area contributed by atoms with Crippen molar-refractivity contribution < 1.29 is 4.42 Å². The maximum atomic E-state index is 12.8. The molecular formula is C19H27NO2S2. The van der Waals surface area contributed by atoms with Crippen LogP contribution in [0.5, 0.6) is 0 Å². The molecule has 0 aliphatic rings. The molecule has 0 amide bonds. The second kappa shape index (κ2) is 7.54. The molecule has 0 fully saturated rings. The van der Waals surface area contributed by atoms with Gasteiger partial charge in [-0.25, -0.2) is 0 Å². The molecule has 24 heavy (non-hydrogen) atoms. The van der Waals surface area contributed by atoms with Gasteiger partial charge >= 0.3 is 0 Å². The Labute approximate surface area is 153 Å². The van der Waals surface area contributed by atoms with Crippen molar-refractivity contribution >= 4 is 34.7 Å². The van der Waals surface area contributed by atoms with Crippen LogP contribution in [0.2, 0.25) is 0 Å². The lowest BCUT2D eigenvalue weighted by Crippen LogP contribution is -2.20. The Morgan fingerprint density at radius 1 is 1.25 bits per heavy atom. The van der Waals surface area contributed by atoms with Gasteiger partial charge in [0.25, 0.3) is 0 Å². The highest BCUT2D eigenvalue weighted by atomic mass is 32.2. The lowest BCUT2D eigenvalue weighted by atomic mass is 10.0. The minimum absolute atomic E-state index is 0.0767. The Kier molecular flexibility index (Phi) is 6.10. The van der Waals surface area contributed by atoms with Gasteiger partial charge in [-0.15, -0.1) is 0 Å². The molecular weight excluding hydrogens is 338 g/mol. The molecule has 0 saturated heterocycles. The van der Waals surface area contributed by atoms with Crippen LogP contribution in [-0.4, -0.2) is 10.5 Å². The van der Waals surface area contributed by atoms with E-state index in [2.05, 4.69) is 45.4 Å². The first-order chi connectivity index (χ1) is 11.1. The first kappa shape index (κ1) is 19.4. The average Bonchev–Trinajstić information content (AvgIpc) is 2.49. The predicted molar refractivity (Wildman–Crippen MR) is 107 cm³/mol. The van der Waals surface area contributed by atoms with Crippen molar-refractivity contribution in [1.29, 1.82) is 0 Å². The molecule has 0 aliphatic heterocycles. The van der Waals surface area contributed by atoms with Gasteiger partial charge < -0.3 is 4.42 Å². The lowest BCUT2D eigenvalue weighted by Gasteiger charge is -2.23. The summed E-state index contributed by atoms with van der Waals surface area (Å²) in [4.78, 5) is 12.8. The Bertz CT molecular complexity index is 791. The van der Waals surface area contributed by atoms with Crippen LogP contribution < -0.4 is 10.2 Å². The van der Waals surface area contributed by atoms with E-state index in [0.717, 1.165) is 22.0 Å². The fraction of sp³-hybridized carbons (Fsp3) is 0.526. The van der Waals surface area contributed by atoms with Crippen LogP contribution in [-0.2, 0) is 0 Å². The normalized spacial score (nSPS) is 13.5. The van der Waals surface area contributed by atoms with E-state index in [0.29, 0.717) is 16.5 Å². The summed E-state index contributed by atoms with van der Waals surface area (Å²) in [5.74, 6) is 0.879. The first-order valence-electron chi connectivity index (χ1n) is 8.28. The second-order valence-corrected chi connectivity index (χ2v) is 9.96. The molecule has 1 atom stereocenters. The number of aryl methyl sites for hydroxylation is 1. The number of rotatable bonds is 5. The van der Waals surface area contributed by atoms with E-state index in [9.17, 15) is 4.79 Å². The van der Waals surface area contributed by atoms with Crippen molar-refractivity contribution in [2.75, 3.05) is 5.75 Å². The zero-order valence-electron chi connectivity index (χ0n) is 15.6. The number of hydrogen-bond donors (Lipinski definition) is 1. The molecule has 0 bridgehead atoms. The number of hydrogen-bond acceptors (Lipinski definition) is 5. The van der Waals surface area contributed by atoms with E-state index in [4.69, 9.17) is 4.42 Å². The zero-order chi connectivity index (χ0) is 18.1. The molecule has 1 aromatic heterocycles. The largest absolute Gasteiger partial charge is 0.449 e. The van der Waals surface area contributed by atoms with E-state index < -0.39 is 0 Å². The summed E-state index contributed by atoms with van der Waals surface area (Å²) in [6.45, 7) is 14.6. The van der Waals surface area contributed by atoms with E-state index in [1.807, 2.05) is 19.9 Å². The third-order valence-electron chi connectivity index (χ3n) is 3.63. The minimum atomic E-state index is 0.0767. The monoisotopic (exact) mass is 365 g/mol. The molecule has 1 heterocycles. The van der Waals surface area contributed by atoms with Crippen molar-refractivity contribution in [3.8, 4) is 0 Å². The summed E-state index contributed by atoms with van der Waals surface area (Å²) in [6, 6.07) is 4.13. The molecule has 0 aliphatic carbocycles. The molecule has 1 aromatic carbocycles. The maximum absolute atomic E-state index is 12.8. The van der Waals surface area contributed by atoms with Gasteiger partial charge in [0.15, 0.2) is 10.5 Å². The SMILES string of the molecule is CCSc1oc2c(C(C)NSC(C)(C)C)cc(C)cc2c(=O)c1C. The van der Waals surface area contributed by atoms with Crippen molar-refractivity contribution in [2.24, 2.45) is 0 Å². The van der Waals surface area contributed by atoms with Gasteiger partial charge in [-0.3, -0.25) is 9.52 Å². The third-order valence-corrected chi connectivity index (χ3v) is 5.66. The van der Waals surface area contributed by atoms with Crippen LogP contribution in [0.4, 0.5) is 0 Å². The van der Waals surface area contributed by atoms with Crippen LogP contribution in [0.25, 0.3) is 11.0 Å². The van der Waals surface area contributed by atoms with Gasteiger partial charge in [0.05, 0.1) is 5.39 Å². The van der Waals surface area contributed by atoms with Gasteiger partial charge in [-0.1, -0.05) is 36.7 Å². The number of fused-ring (bicyclic) bond motifs is 1. The van der Waals surface area contributed by atoms with Gasteiger partial charge in [0, 0.05) is 21.9 Å². The smallest absolute Gasteiger partial charge is 0.196 e. The second-order valence-electron chi connectivity index (χ2n) is 7.06. The zero-order valence-corrected chi connectivity index (χ0v) is 17.2. The van der Waals surface area contributed by atoms with E-state index in [1.54, 1.807) is 23.7 Å². The summed E-state index contributed by atoms with van der Waals surface area (Å²) >= 11 is 3.28. The van der Waals surface area contributed by atoms with E-state index in [-0.39, 0.29) is 16.2 Å².